The highest BCUT2D eigenvalue weighted by atomic mass is 127. The van der Waals surface area contributed by atoms with Gasteiger partial charge in [0.1, 0.15) is 5.82 Å². The molecule has 2 nitrogen and oxygen atoms in total. The smallest absolute Gasteiger partial charge is 0.110 e. The van der Waals surface area contributed by atoms with Gasteiger partial charge in [0, 0.05) is 17.6 Å². The number of hydrogen-bond acceptors (Lipinski definition) is 1. The number of nitrogens with zero attached hydrogens (tertiary/aromatic N) is 2. The lowest BCUT2D eigenvalue weighted by Crippen LogP contribution is -1.98. The van der Waals surface area contributed by atoms with Crippen molar-refractivity contribution in [1.82, 2.24) is 9.55 Å². The zero-order chi connectivity index (χ0) is 9.26. The van der Waals surface area contributed by atoms with Gasteiger partial charge in [0.2, 0.25) is 0 Å². The fourth-order valence-corrected chi connectivity index (χ4v) is 1.53. The maximum Gasteiger partial charge on any atom is 0.110 e. The summed E-state index contributed by atoms with van der Waals surface area (Å²) in [7, 11) is 0. The summed E-state index contributed by atoms with van der Waals surface area (Å²) in [4.78, 5) is 4.26. The molecule has 2 aromatic rings. The molecule has 0 unspecified atom stereocenters. The molecule has 0 saturated heterocycles. The van der Waals surface area contributed by atoms with E-state index in [2.05, 4.69) is 28.6 Å². The highest BCUT2D eigenvalue weighted by Crippen LogP contribution is 2.12. The van der Waals surface area contributed by atoms with Gasteiger partial charge in [-0.2, -0.15) is 0 Å². The van der Waals surface area contributed by atoms with Gasteiger partial charge in [0.15, 0.2) is 0 Å². The van der Waals surface area contributed by atoms with E-state index >= 15 is 0 Å². The van der Waals surface area contributed by atoms with Crippen molar-refractivity contribution in [2.45, 2.75) is 13.8 Å². The van der Waals surface area contributed by atoms with E-state index in [1.165, 1.54) is 11.4 Å². The second-order valence-corrected chi connectivity index (χ2v) is 3.12. The van der Waals surface area contributed by atoms with E-state index in [0.29, 0.717) is 0 Å². The van der Waals surface area contributed by atoms with Crippen molar-refractivity contribution >= 4 is 24.0 Å². The summed E-state index contributed by atoms with van der Waals surface area (Å²) in [5, 5.41) is 0. The first kappa shape index (κ1) is 11.2. The summed E-state index contributed by atoms with van der Waals surface area (Å²) in [5.41, 5.74) is 2.35. The van der Waals surface area contributed by atoms with Crippen LogP contribution in [0, 0.1) is 13.8 Å². The van der Waals surface area contributed by atoms with Gasteiger partial charge in [-0.05, 0) is 26.0 Å². The molecule has 1 aromatic heterocycles. The Hall–Kier alpha value is -0.840. The third kappa shape index (κ3) is 1.97. The normalized spacial score (nSPS) is 9.57. The molecule has 1 aromatic carbocycles. The number of para-hydroxylation sites is 1. The van der Waals surface area contributed by atoms with E-state index in [9.17, 15) is 0 Å². The van der Waals surface area contributed by atoms with Crippen molar-refractivity contribution in [3.63, 3.8) is 0 Å². The Morgan fingerprint density at radius 3 is 2.21 bits per heavy atom. The van der Waals surface area contributed by atoms with E-state index in [4.69, 9.17) is 0 Å². The molecule has 0 atom stereocenters. The summed E-state index contributed by atoms with van der Waals surface area (Å²) in [6, 6.07) is 10.3. The minimum Gasteiger partial charge on any atom is -0.301 e. The zero-order valence-corrected chi connectivity index (χ0v) is 10.6. The molecular formula is C11H13IN2. The van der Waals surface area contributed by atoms with Crippen molar-refractivity contribution in [2.24, 2.45) is 0 Å². The first-order chi connectivity index (χ1) is 6.29. The Morgan fingerprint density at radius 1 is 1.07 bits per heavy atom. The minimum absolute atomic E-state index is 0. The topological polar surface area (TPSA) is 17.8 Å². The van der Waals surface area contributed by atoms with Crippen molar-refractivity contribution in [3.8, 4) is 5.69 Å². The predicted molar refractivity (Wildman–Crippen MR) is 68.5 cm³/mol. The molecule has 0 fully saturated rings. The number of hydrogen-bond donors (Lipinski definition) is 0. The molecule has 0 aliphatic rings. The molecule has 0 amide bonds. The van der Waals surface area contributed by atoms with E-state index in [-0.39, 0.29) is 24.0 Å². The summed E-state index contributed by atoms with van der Waals surface area (Å²) in [5.74, 6) is 1.03. The number of imidazole rings is 1. The fraction of sp³-hybridized carbons (Fsp3) is 0.182. The van der Waals surface area contributed by atoms with Gasteiger partial charge in [-0.3, -0.25) is 0 Å². The third-order valence-electron chi connectivity index (χ3n) is 2.13. The van der Waals surface area contributed by atoms with Crippen LogP contribution in [0.15, 0.2) is 36.5 Å². The molecule has 1 heterocycles. The van der Waals surface area contributed by atoms with Crippen LogP contribution >= 0.6 is 24.0 Å². The molecule has 0 saturated carbocycles. The Labute approximate surface area is 101 Å². The fourth-order valence-electron chi connectivity index (χ4n) is 1.53. The summed E-state index contributed by atoms with van der Waals surface area (Å²) < 4.78 is 2.14. The average molecular weight is 300 g/mol. The molecule has 0 radical (unpaired) electrons. The van der Waals surface area contributed by atoms with Crippen molar-refractivity contribution in [3.05, 3.63) is 48.0 Å². The van der Waals surface area contributed by atoms with Crippen LogP contribution in [-0.4, -0.2) is 9.55 Å². The van der Waals surface area contributed by atoms with E-state index in [0.717, 1.165) is 5.82 Å². The van der Waals surface area contributed by atoms with Crippen LogP contribution in [0.4, 0.5) is 0 Å². The largest absolute Gasteiger partial charge is 0.301 e. The molecule has 2 rings (SSSR count). The van der Waals surface area contributed by atoms with Crippen molar-refractivity contribution in [1.29, 1.82) is 0 Å². The molecule has 0 spiro atoms. The zero-order valence-electron chi connectivity index (χ0n) is 8.27. The maximum absolute atomic E-state index is 4.26. The number of rotatable bonds is 1. The second-order valence-electron chi connectivity index (χ2n) is 3.12. The Balaban J connectivity index is 0.000000980. The minimum atomic E-state index is 0. The van der Waals surface area contributed by atoms with Crippen LogP contribution < -0.4 is 0 Å². The van der Waals surface area contributed by atoms with Crippen molar-refractivity contribution in [2.75, 3.05) is 0 Å². The molecule has 0 aliphatic heterocycles. The van der Waals surface area contributed by atoms with Gasteiger partial charge < -0.3 is 4.57 Å². The molecule has 74 valence electrons. The summed E-state index contributed by atoms with van der Waals surface area (Å²) in [6.45, 7) is 4.08. The Morgan fingerprint density at radius 2 is 1.71 bits per heavy atom. The lowest BCUT2D eigenvalue weighted by molar-refractivity contribution is 0.941. The van der Waals surface area contributed by atoms with Crippen LogP contribution in [0.1, 0.15) is 11.5 Å². The summed E-state index contributed by atoms with van der Waals surface area (Å²) >= 11 is 0. The third-order valence-corrected chi connectivity index (χ3v) is 2.13. The predicted octanol–water partition coefficient (Wildman–Crippen LogP) is 3.11. The van der Waals surface area contributed by atoms with Crippen LogP contribution in [0.2, 0.25) is 0 Å². The molecule has 3 heteroatoms. The number of aromatic nitrogens is 2. The van der Waals surface area contributed by atoms with Crippen LogP contribution in [-0.2, 0) is 0 Å². The summed E-state index contributed by atoms with van der Waals surface area (Å²) in [6.07, 6.45) is 1.89. The number of halogens is 1. The van der Waals surface area contributed by atoms with Gasteiger partial charge in [0.25, 0.3) is 0 Å². The molecule has 0 N–H and O–H groups in total. The van der Waals surface area contributed by atoms with Gasteiger partial charge in [-0.1, -0.05) is 18.2 Å². The van der Waals surface area contributed by atoms with Gasteiger partial charge >= 0.3 is 0 Å². The quantitative estimate of drug-likeness (QED) is 0.740. The Kier molecular flexibility index (Phi) is 3.69. The highest BCUT2D eigenvalue weighted by Gasteiger charge is 2.02. The lowest BCUT2D eigenvalue weighted by Gasteiger charge is -2.06. The molecule has 0 aliphatic carbocycles. The first-order valence-corrected chi connectivity index (χ1v) is 4.35. The Bertz CT molecular complexity index is 387. The van der Waals surface area contributed by atoms with Crippen LogP contribution in [0.3, 0.4) is 0 Å². The van der Waals surface area contributed by atoms with E-state index in [1.807, 2.05) is 31.3 Å². The number of benzene rings is 1. The van der Waals surface area contributed by atoms with Gasteiger partial charge in [-0.15, -0.1) is 24.0 Å². The van der Waals surface area contributed by atoms with Gasteiger partial charge in [-0.25, -0.2) is 4.98 Å². The van der Waals surface area contributed by atoms with E-state index in [1.54, 1.807) is 0 Å². The van der Waals surface area contributed by atoms with Crippen molar-refractivity contribution < 1.29 is 0 Å². The van der Waals surface area contributed by atoms with Crippen LogP contribution in [0.25, 0.3) is 5.69 Å². The van der Waals surface area contributed by atoms with Crippen LogP contribution in [0.5, 0.6) is 0 Å². The molecule has 14 heavy (non-hydrogen) atoms. The standard InChI is InChI=1S/C11H12N2.HI/c1-9-8-12-10(2)13(9)11-6-4-3-5-7-11;/h3-8H,1-2H3;1H. The highest BCUT2D eigenvalue weighted by molar-refractivity contribution is 14.0. The maximum atomic E-state index is 4.26. The lowest BCUT2D eigenvalue weighted by atomic mass is 10.3. The second kappa shape index (κ2) is 4.59. The average Bonchev–Trinajstić information content (AvgIpc) is 2.48. The monoisotopic (exact) mass is 300 g/mol. The van der Waals surface area contributed by atoms with Gasteiger partial charge in [0.05, 0.1) is 0 Å². The first-order valence-electron chi connectivity index (χ1n) is 4.35. The molecular weight excluding hydrogens is 287 g/mol. The van der Waals surface area contributed by atoms with E-state index < -0.39 is 0 Å². The molecule has 0 bridgehead atoms. The number of aryl methyl sites for hydroxylation is 2. The SMILES string of the molecule is Cc1cnc(C)n1-c1ccccc1.I.